The van der Waals surface area contributed by atoms with Gasteiger partial charge in [-0.3, -0.25) is 0 Å². The minimum Gasteiger partial charge on any atom is -0.314 e. The summed E-state index contributed by atoms with van der Waals surface area (Å²) in [6.45, 7) is 5.42. The Morgan fingerprint density at radius 1 is 1.30 bits per heavy atom. The first kappa shape index (κ1) is 7.29. The molecule has 0 radical (unpaired) electrons. The number of rotatable bonds is 2. The van der Waals surface area contributed by atoms with E-state index in [2.05, 4.69) is 43.4 Å². The molecule has 0 spiro atoms. The van der Waals surface area contributed by atoms with E-state index in [1.807, 2.05) is 0 Å². The molecule has 0 saturated carbocycles. The fraction of sp³-hybridized carbons (Fsp3) is 0.333. The molecule has 0 unspecified atom stereocenters. The molecular weight excluding hydrogens is 122 g/mol. The molecule has 0 fully saturated rings. The first-order chi connectivity index (χ1) is 4.84. The molecular formula is C9H14N+. The molecule has 0 heterocycles. The highest BCUT2D eigenvalue weighted by Crippen LogP contribution is 2.05. The van der Waals surface area contributed by atoms with Crippen LogP contribution in [0.25, 0.3) is 0 Å². The summed E-state index contributed by atoms with van der Waals surface area (Å²) >= 11 is 0. The van der Waals surface area contributed by atoms with Crippen molar-refractivity contribution in [2.45, 2.75) is 13.8 Å². The van der Waals surface area contributed by atoms with Crippen LogP contribution in [0.3, 0.4) is 0 Å². The highest BCUT2D eigenvalue weighted by Gasteiger charge is 1.95. The van der Waals surface area contributed by atoms with Crippen molar-refractivity contribution in [3.05, 3.63) is 29.8 Å². The maximum Gasteiger partial charge on any atom is 0.132 e. The van der Waals surface area contributed by atoms with Gasteiger partial charge in [0.2, 0.25) is 0 Å². The average Bonchev–Trinajstić information content (AvgIpc) is 1.94. The third-order valence-electron chi connectivity index (χ3n) is 1.61. The van der Waals surface area contributed by atoms with E-state index in [0.29, 0.717) is 0 Å². The lowest BCUT2D eigenvalue weighted by Gasteiger charge is -1.99. The van der Waals surface area contributed by atoms with Gasteiger partial charge in [-0.25, -0.2) is 0 Å². The zero-order valence-corrected chi connectivity index (χ0v) is 6.59. The van der Waals surface area contributed by atoms with Crippen molar-refractivity contribution in [1.29, 1.82) is 0 Å². The minimum atomic E-state index is 1.12. The topological polar surface area (TPSA) is 16.6 Å². The van der Waals surface area contributed by atoms with Crippen molar-refractivity contribution in [1.82, 2.24) is 0 Å². The summed E-state index contributed by atoms with van der Waals surface area (Å²) in [5, 5.41) is 2.25. The number of quaternary nitrogens is 1. The van der Waals surface area contributed by atoms with Gasteiger partial charge in [-0.2, -0.15) is 0 Å². The van der Waals surface area contributed by atoms with Crippen molar-refractivity contribution < 1.29 is 5.32 Å². The van der Waals surface area contributed by atoms with E-state index < -0.39 is 0 Å². The van der Waals surface area contributed by atoms with Crippen LogP contribution in [0, 0.1) is 6.92 Å². The number of benzene rings is 1. The van der Waals surface area contributed by atoms with Crippen molar-refractivity contribution in [2.75, 3.05) is 6.54 Å². The number of hydrogen-bond acceptors (Lipinski definition) is 0. The molecule has 54 valence electrons. The summed E-state index contributed by atoms with van der Waals surface area (Å²) < 4.78 is 0. The van der Waals surface area contributed by atoms with Crippen LogP contribution >= 0.6 is 0 Å². The molecule has 0 bridgehead atoms. The van der Waals surface area contributed by atoms with Crippen LogP contribution in [0.5, 0.6) is 0 Å². The highest BCUT2D eigenvalue weighted by molar-refractivity contribution is 5.37. The van der Waals surface area contributed by atoms with Crippen molar-refractivity contribution >= 4 is 5.69 Å². The SMILES string of the molecule is CC[NH2+]c1ccccc1C. The van der Waals surface area contributed by atoms with E-state index >= 15 is 0 Å². The van der Waals surface area contributed by atoms with E-state index in [9.17, 15) is 0 Å². The summed E-state index contributed by atoms with van der Waals surface area (Å²) in [6.07, 6.45) is 0. The standard InChI is InChI=1S/C9H13N/c1-3-10-9-7-5-4-6-8(9)2/h4-7,10H,3H2,1-2H3/p+1. The van der Waals surface area contributed by atoms with E-state index in [4.69, 9.17) is 0 Å². The molecule has 10 heavy (non-hydrogen) atoms. The maximum atomic E-state index is 2.25. The fourth-order valence-corrected chi connectivity index (χ4v) is 1.04. The van der Waals surface area contributed by atoms with E-state index in [0.717, 1.165) is 6.54 Å². The first-order valence-corrected chi connectivity index (χ1v) is 3.73. The normalized spacial score (nSPS) is 9.80. The summed E-state index contributed by atoms with van der Waals surface area (Å²) in [5.41, 5.74) is 2.73. The lowest BCUT2D eigenvalue weighted by Crippen LogP contribution is -2.77. The molecule has 0 aliphatic carbocycles. The molecule has 2 N–H and O–H groups in total. The smallest absolute Gasteiger partial charge is 0.132 e. The van der Waals surface area contributed by atoms with Crippen LogP contribution in [-0.2, 0) is 0 Å². The lowest BCUT2D eigenvalue weighted by atomic mass is 10.2. The largest absolute Gasteiger partial charge is 0.314 e. The molecule has 1 heteroatoms. The summed E-state index contributed by atoms with van der Waals surface area (Å²) in [5.74, 6) is 0. The van der Waals surface area contributed by atoms with Gasteiger partial charge in [0.25, 0.3) is 0 Å². The number of para-hydroxylation sites is 1. The van der Waals surface area contributed by atoms with Crippen LogP contribution in [0.4, 0.5) is 5.69 Å². The second-order valence-electron chi connectivity index (χ2n) is 2.47. The van der Waals surface area contributed by atoms with E-state index in [1.165, 1.54) is 11.3 Å². The fourth-order valence-electron chi connectivity index (χ4n) is 1.04. The molecule has 1 rings (SSSR count). The summed E-state index contributed by atoms with van der Waals surface area (Å²) in [6, 6.07) is 8.44. The Balaban J connectivity index is 2.81. The predicted molar refractivity (Wildman–Crippen MR) is 43.3 cm³/mol. The van der Waals surface area contributed by atoms with Gasteiger partial charge < -0.3 is 5.32 Å². The summed E-state index contributed by atoms with van der Waals surface area (Å²) in [4.78, 5) is 0. The third kappa shape index (κ3) is 1.58. The van der Waals surface area contributed by atoms with Gasteiger partial charge in [0.05, 0.1) is 6.54 Å². The lowest BCUT2D eigenvalue weighted by molar-refractivity contribution is -0.568. The van der Waals surface area contributed by atoms with Gasteiger partial charge in [0.15, 0.2) is 0 Å². The van der Waals surface area contributed by atoms with Crippen LogP contribution < -0.4 is 5.32 Å². The van der Waals surface area contributed by atoms with Crippen LogP contribution in [0.1, 0.15) is 12.5 Å². The minimum absolute atomic E-state index is 1.12. The molecule has 1 aromatic rings. The Labute approximate surface area is 62.1 Å². The van der Waals surface area contributed by atoms with Crippen LogP contribution in [-0.4, -0.2) is 6.54 Å². The highest BCUT2D eigenvalue weighted by atomic mass is 14.9. The number of nitrogens with two attached hydrogens (primary N) is 1. The third-order valence-corrected chi connectivity index (χ3v) is 1.61. The van der Waals surface area contributed by atoms with Gasteiger partial charge in [-0.15, -0.1) is 0 Å². The van der Waals surface area contributed by atoms with E-state index in [1.54, 1.807) is 0 Å². The van der Waals surface area contributed by atoms with Crippen LogP contribution in [0.2, 0.25) is 0 Å². The molecule has 0 aliphatic rings. The molecule has 1 aromatic carbocycles. The van der Waals surface area contributed by atoms with E-state index in [-0.39, 0.29) is 0 Å². The predicted octanol–water partition coefficient (Wildman–Crippen LogP) is 1.21. The van der Waals surface area contributed by atoms with Crippen molar-refractivity contribution in [3.8, 4) is 0 Å². The maximum absolute atomic E-state index is 2.25. The second kappa shape index (κ2) is 3.37. The van der Waals surface area contributed by atoms with Gasteiger partial charge >= 0.3 is 0 Å². The Hall–Kier alpha value is -0.820. The van der Waals surface area contributed by atoms with Gasteiger partial charge in [0.1, 0.15) is 5.69 Å². The molecule has 0 saturated heterocycles. The van der Waals surface area contributed by atoms with Crippen molar-refractivity contribution in [2.24, 2.45) is 0 Å². The molecule has 0 aliphatic heterocycles. The van der Waals surface area contributed by atoms with Crippen molar-refractivity contribution in [3.63, 3.8) is 0 Å². The number of hydrogen-bond donors (Lipinski definition) is 1. The monoisotopic (exact) mass is 136 g/mol. The molecule has 1 nitrogen and oxygen atoms in total. The second-order valence-corrected chi connectivity index (χ2v) is 2.47. The zero-order chi connectivity index (χ0) is 7.40. The summed E-state index contributed by atoms with van der Waals surface area (Å²) in [7, 11) is 0. The van der Waals surface area contributed by atoms with Crippen LogP contribution in [0.15, 0.2) is 24.3 Å². The molecule has 0 atom stereocenters. The zero-order valence-electron chi connectivity index (χ0n) is 6.59. The number of aryl methyl sites for hydroxylation is 1. The molecule has 0 aromatic heterocycles. The Morgan fingerprint density at radius 2 is 2.00 bits per heavy atom. The first-order valence-electron chi connectivity index (χ1n) is 3.73. The van der Waals surface area contributed by atoms with Gasteiger partial charge in [-0.1, -0.05) is 18.2 Å². The van der Waals surface area contributed by atoms with Gasteiger partial charge in [-0.05, 0) is 19.9 Å². The Morgan fingerprint density at radius 3 is 2.60 bits per heavy atom. The average molecular weight is 136 g/mol. The van der Waals surface area contributed by atoms with Gasteiger partial charge in [0, 0.05) is 5.56 Å². The Bertz CT molecular complexity index is 206. The quantitative estimate of drug-likeness (QED) is 0.588. The molecule has 0 amide bonds. The Kier molecular flexibility index (Phi) is 2.46.